The van der Waals surface area contributed by atoms with Crippen LogP contribution in [0.5, 0.6) is 0 Å². The Bertz CT molecular complexity index is 113. The van der Waals surface area contributed by atoms with Crippen molar-refractivity contribution in [2.45, 2.75) is 11.2 Å². The third-order valence-electron chi connectivity index (χ3n) is 1.13. The smallest absolute Gasteiger partial charge is 0.197 e. The van der Waals surface area contributed by atoms with Crippen LogP contribution in [0.2, 0.25) is 0 Å². The molecule has 8 heavy (non-hydrogen) atoms. The van der Waals surface area contributed by atoms with E-state index in [1.807, 2.05) is 0 Å². The van der Waals surface area contributed by atoms with Gasteiger partial charge in [0.05, 0.1) is 11.9 Å². The summed E-state index contributed by atoms with van der Waals surface area (Å²) in [5.41, 5.74) is 0. The number of hydrogen-bond donors (Lipinski definition) is 0. The zero-order valence-corrected chi connectivity index (χ0v) is 6.31. The Morgan fingerprint density at radius 2 is 2.62 bits per heavy atom. The van der Waals surface area contributed by atoms with Gasteiger partial charge in [0, 0.05) is 6.54 Å². The quantitative estimate of drug-likeness (QED) is 0.510. The van der Waals surface area contributed by atoms with Crippen molar-refractivity contribution in [2.75, 3.05) is 13.7 Å². The largest absolute Gasteiger partial charge is 0.483 e. The van der Waals surface area contributed by atoms with E-state index in [-0.39, 0.29) is 0 Å². The van der Waals surface area contributed by atoms with Crippen molar-refractivity contribution in [3.8, 4) is 0 Å². The van der Waals surface area contributed by atoms with E-state index in [1.54, 1.807) is 7.11 Å². The van der Waals surface area contributed by atoms with E-state index in [4.69, 9.17) is 4.74 Å². The molecule has 0 saturated heterocycles. The van der Waals surface area contributed by atoms with Crippen molar-refractivity contribution in [1.29, 1.82) is 0 Å². The molecule has 0 aromatic heterocycles. The normalized spacial score (nSPS) is 27.8. The fourth-order valence-electron chi connectivity index (χ4n) is 0.703. The Kier molecular flexibility index (Phi) is 1.89. The number of ether oxygens (including phenoxy) is 1. The zero-order valence-electron chi connectivity index (χ0n) is 4.72. The molecule has 1 heterocycles. The van der Waals surface area contributed by atoms with Crippen molar-refractivity contribution in [3.63, 3.8) is 0 Å². The first-order valence-corrected chi connectivity index (χ1v) is 3.48. The molecule has 46 valence electrons. The second kappa shape index (κ2) is 2.49. The van der Waals surface area contributed by atoms with Gasteiger partial charge in [-0.15, -0.1) is 0 Å². The van der Waals surface area contributed by atoms with Gasteiger partial charge in [-0.3, -0.25) is 4.99 Å². The van der Waals surface area contributed by atoms with Gasteiger partial charge in [-0.2, -0.15) is 0 Å². The molecule has 0 unspecified atom stereocenters. The highest BCUT2D eigenvalue weighted by molar-refractivity contribution is 9.10. The van der Waals surface area contributed by atoms with E-state index in [0.717, 1.165) is 18.9 Å². The predicted molar refractivity (Wildman–Crippen MR) is 36.6 cm³/mol. The third-order valence-corrected chi connectivity index (χ3v) is 1.98. The van der Waals surface area contributed by atoms with Crippen molar-refractivity contribution >= 4 is 21.8 Å². The molecule has 1 aliphatic rings. The molecule has 0 radical (unpaired) electrons. The number of alkyl halides is 1. The number of hydrogen-bond acceptors (Lipinski definition) is 2. The molecule has 0 fully saturated rings. The lowest BCUT2D eigenvalue weighted by Crippen LogP contribution is -2.09. The summed E-state index contributed by atoms with van der Waals surface area (Å²) in [6.07, 6.45) is 1.07. The number of methoxy groups -OCH3 is 1. The maximum atomic E-state index is 4.93. The summed E-state index contributed by atoms with van der Waals surface area (Å²) < 4.78 is 4.93. The number of nitrogens with zero attached hydrogens (tertiary/aromatic N) is 1. The Balaban J connectivity index is 2.49. The first-order valence-electron chi connectivity index (χ1n) is 2.57. The summed E-state index contributed by atoms with van der Waals surface area (Å²) >= 11 is 3.41. The van der Waals surface area contributed by atoms with Crippen LogP contribution in [0.25, 0.3) is 0 Å². The number of aliphatic imine (C=N–C) groups is 1. The van der Waals surface area contributed by atoms with Gasteiger partial charge < -0.3 is 4.74 Å². The lowest BCUT2D eigenvalue weighted by Gasteiger charge is -2.00. The maximum Gasteiger partial charge on any atom is 0.197 e. The molecule has 0 saturated carbocycles. The fraction of sp³-hybridized carbons (Fsp3) is 0.800. The molecule has 0 aliphatic carbocycles. The van der Waals surface area contributed by atoms with Crippen LogP contribution in [0.15, 0.2) is 4.99 Å². The molecule has 0 spiro atoms. The monoisotopic (exact) mass is 177 g/mol. The van der Waals surface area contributed by atoms with Crippen LogP contribution in [0, 0.1) is 0 Å². The van der Waals surface area contributed by atoms with Gasteiger partial charge in [-0.25, -0.2) is 0 Å². The topological polar surface area (TPSA) is 21.6 Å². The van der Waals surface area contributed by atoms with Gasteiger partial charge in [0.25, 0.3) is 0 Å². The highest BCUT2D eigenvalue weighted by Gasteiger charge is 2.17. The Labute approximate surface area is 57.1 Å². The molecule has 0 amide bonds. The molecule has 1 aliphatic heterocycles. The lowest BCUT2D eigenvalue weighted by atomic mass is 10.4. The first-order chi connectivity index (χ1) is 3.84. The molecular formula is C5H8BrNO. The lowest BCUT2D eigenvalue weighted by molar-refractivity contribution is 0.397. The fourth-order valence-corrected chi connectivity index (χ4v) is 1.24. The van der Waals surface area contributed by atoms with Gasteiger partial charge in [0.15, 0.2) is 5.90 Å². The molecule has 0 aromatic rings. The van der Waals surface area contributed by atoms with Gasteiger partial charge in [0.1, 0.15) is 0 Å². The maximum absolute atomic E-state index is 4.93. The zero-order chi connectivity index (χ0) is 5.98. The van der Waals surface area contributed by atoms with Crippen LogP contribution in [-0.4, -0.2) is 24.4 Å². The standard InChI is InChI=1S/C5H8BrNO/c1-8-5-4(6)2-3-7-5/h4H,2-3H2,1H3/t4-/m0/s1. The number of halogens is 1. The predicted octanol–water partition coefficient (Wildman–Crippen LogP) is 1.20. The average molecular weight is 178 g/mol. The SMILES string of the molecule is COC1=NCC[C@@H]1Br. The second-order valence-electron chi connectivity index (χ2n) is 1.68. The molecule has 2 nitrogen and oxygen atoms in total. The van der Waals surface area contributed by atoms with E-state index >= 15 is 0 Å². The van der Waals surface area contributed by atoms with E-state index in [1.165, 1.54) is 0 Å². The Hall–Kier alpha value is -0.0500. The van der Waals surface area contributed by atoms with E-state index in [0.29, 0.717) is 4.83 Å². The second-order valence-corrected chi connectivity index (χ2v) is 2.79. The van der Waals surface area contributed by atoms with Gasteiger partial charge in [0.2, 0.25) is 0 Å². The molecule has 0 aromatic carbocycles. The summed E-state index contributed by atoms with van der Waals surface area (Å²) in [5, 5.41) is 0. The van der Waals surface area contributed by atoms with E-state index < -0.39 is 0 Å². The van der Waals surface area contributed by atoms with Crippen LogP contribution in [-0.2, 0) is 4.74 Å². The van der Waals surface area contributed by atoms with E-state index in [2.05, 4.69) is 20.9 Å². The van der Waals surface area contributed by atoms with Gasteiger partial charge in [-0.1, -0.05) is 15.9 Å². The van der Waals surface area contributed by atoms with Crippen LogP contribution in [0.3, 0.4) is 0 Å². The Morgan fingerprint density at radius 1 is 1.88 bits per heavy atom. The number of rotatable bonds is 0. The average Bonchev–Trinajstić information content (AvgIpc) is 2.14. The highest BCUT2D eigenvalue weighted by Crippen LogP contribution is 2.14. The van der Waals surface area contributed by atoms with Crippen LogP contribution >= 0.6 is 15.9 Å². The van der Waals surface area contributed by atoms with E-state index in [9.17, 15) is 0 Å². The highest BCUT2D eigenvalue weighted by atomic mass is 79.9. The molecule has 1 atom stereocenters. The molecule has 0 bridgehead atoms. The van der Waals surface area contributed by atoms with Crippen LogP contribution in [0.1, 0.15) is 6.42 Å². The van der Waals surface area contributed by atoms with Gasteiger partial charge >= 0.3 is 0 Å². The summed E-state index contributed by atoms with van der Waals surface area (Å²) in [6, 6.07) is 0. The van der Waals surface area contributed by atoms with Gasteiger partial charge in [-0.05, 0) is 6.42 Å². The minimum Gasteiger partial charge on any atom is -0.483 e. The minimum atomic E-state index is 0.368. The molecule has 1 rings (SSSR count). The third kappa shape index (κ3) is 1.02. The summed E-state index contributed by atoms with van der Waals surface area (Å²) in [7, 11) is 1.65. The van der Waals surface area contributed by atoms with Crippen molar-refractivity contribution in [2.24, 2.45) is 4.99 Å². The summed E-state index contributed by atoms with van der Waals surface area (Å²) in [5.74, 6) is 0.838. The molecule has 3 heteroatoms. The first kappa shape index (κ1) is 6.08. The van der Waals surface area contributed by atoms with Crippen LogP contribution in [0.4, 0.5) is 0 Å². The Morgan fingerprint density at radius 3 is 2.88 bits per heavy atom. The molecular weight excluding hydrogens is 170 g/mol. The minimum absolute atomic E-state index is 0.368. The molecule has 0 N–H and O–H groups in total. The van der Waals surface area contributed by atoms with Crippen molar-refractivity contribution in [1.82, 2.24) is 0 Å². The summed E-state index contributed by atoms with van der Waals surface area (Å²) in [6.45, 7) is 0.902. The van der Waals surface area contributed by atoms with Crippen LogP contribution < -0.4 is 0 Å². The van der Waals surface area contributed by atoms with Crippen molar-refractivity contribution < 1.29 is 4.74 Å². The van der Waals surface area contributed by atoms with Crippen molar-refractivity contribution in [3.05, 3.63) is 0 Å². The summed E-state index contributed by atoms with van der Waals surface area (Å²) in [4.78, 5) is 4.45.